The fourth-order valence-electron chi connectivity index (χ4n) is 2.30. The van der Waals surface area contributed by atoms with Gasteiger partial charge >= 0.3 is 0 Å². The Morgan fingerprint density at radius 2 is 2.00 bits per heavy atom. The van der Waals surface area contributed by atoms with Crippen molar-refractivity contribution in [2.45, 2.75) is 19.9 Å². The number of ether oxygens (including phenoxy) is 1. The summed E-state index contributed by atoms with van der Waals surface area (Å²) < 4.78 is 7.74. The number of anilines is 1. The van der Waals surface area contributed by atoms with Crippen molar-refractivity contribution in [3.63, 3.8) is 0 Å². The standard InChI is InChI=1S/C16H18N4O/c1-2-10-21-14-5-3-4-13-15(14)19-16(17)20(13)11-12-6-8-18-9-7-12/h3-9H,2,10-11H2,1H3,(H2,17,19). The summed E-state index contributed by atoms with van der Waals surface area (Å²) in [6, 6.07) is 9.86. The molecular weight excluding hydrogens is 264 g/mol. The summed E-state index contributed by atoms with van der Waals surface area (Å²) in [5, 5.41) is 0. The van der Waals surface area contributed by atoms with Gasteiger partial charge in [0.25, 0.3) is 0 Å². The Morgan fingerprint density at radius 3 is 2.76 bits per heavy atom. The van der Waals surface area contributed by atoms with Gasteiger partial charge in [-0.3, -0.25) is 4.98 Å². The maximum Gasteiger partial charge on any atom is 0.201 e. The minimum atomic E-state index is 0.495. The molecule has 2 N–H and O–H groups in total. The van der Waals surface area contributed by atoms with Gasteiger partial charge in [0.2, 0.25) is 5.95 Å². The second-order valence-electron chi connectivity index (χ2n) is 4.88. The predicted molar refractivity (Wildman–Crippen MR) is 83.3 cm³/mol. The molecule has 2 heterocycles. The zero-order valence-corrected chi connectivity index (χ0v) is 12.0. The van der Waals surface area contributed by atoms with E-state index in [9.17, 15) is 0 Å². The Morgan fingerprint density at radius 1 is 1.19 bits per heavy atom. The number of pyridine rings is 1. The lowest BCUT2D eigenvalue weighted by Gasteiger charge is -2.07. The van der Waals surface area contributed by atoms with Crippen molar-refractivity contribution in [3.05, 3.63) is 48.3 Å². The molecule has 1 aromatic carbocycles. The van der Waals surface area contributed by atoms with Crippen LogP contribution >= 0.6 is 0 Å². The van der Waals surface area contributed by atoms with E-state index in [4.69, 9.17) is 10.5 Å². The average Bonchev–Trinajstić information content (AvgIpc) is 2.83. The molecule has 0 bridgehead atoms. The molecule has 3 aromatic rings. The lowest BCUT2D eigenvalue weighted by atomic mass is 10.2. The van der Waals surface area contributed by atoms with Crippen molar-refractivity contribution in [3.8, 4) is 5.75 Å². The third kappa shape index (κ3) is 2.67. The normalized spacial score (nSPS) is 10.9. The summed E-state index contributed by atoms with van der Waals surface area (Å²) in [5.74, 6) is 1.28. The van der Waals surface area contributed by atoms with Gasteiger partial charge in [-0.2, -0.15) is 0 Å². The number of imidazole rings is 1. The van der Waals surface area contributed by atoms with Crippen molar-refractivity contribution in [1.82, 2.24) is 14.5 Å². The molecule has 21 heavy (non-hydrogen) atoms. The van der Waals surface area contributed by atoms with E-state index in [1.165, 1.54) is 0 Å². The molecule has 2 aromatic heterocycles. The summed E-state index contributed by atoms with van der Waals surface area (Å²) in [7, 11) is 0. The van der Waals surface area contributed by atoms with E-state index >= 15 is 0 Å². The third-order valence-electron chi connectivity index (χ3n) is 3.32. The monoisotopic (exact) mass is 282 g/mol. The van der Waals surface area contributed by atoms with Crippen molar-refractivity contribution in [2.75, 3.05) is 12.3 Å². The van der Waals surface area contributed by atoms with Gasteiger partial charge in [0, 0.05) is 12.4 Å². The molecule has 0 aliphatic carbocycles. The Labute approximate surface area is 123 Å². The van der Waals surface area contributed by atoms with Gasteiger partial charge in [-0.05, 0) is 36.2 Å². The first-order valence-electron chi connectivity index (χ1n) is 7.06. The van der Waals surface area contributed by atoms with E-state index in [1.807, 2.05) is 34.9 Å². The number of rotatable bonds is 5. The predicted octanol–water partition coefficient (Wildman–Crippen LogP) is 2.85. The number of nitrogens with two attached hydrogens (primary N) is 1. The number of fused-ring (bicyclic) bond motifs is 1. The first-order valence-corrected chi connectivity index (χ1v) is 7.06. The molecule has 0 amide bonds. The molecular formula is C16H18N4O. The third-order valence-corrected chi connectivity index (χ3v) is 3.32. The van der Waals surface area contributed by atoms with Crippen molar-refractivity contribution in [1.29, 1.82) is 0 Å². The van der Waals surface area contributed by atoms with Gasteiger partial charge in [-0.15, -0.1) is 0 Å². The molecule has 3 rings (SSSR count). The number of hydrogen-bond acceptors (Lipinski definition) is 4. The zero-order chi connectivity index (χ0) is 14.7. The molecule has 0 atom stereocenters. The van der Waals surface area contributed by atoms with Crippen LogP contribution in [0.1, 0.15) is 18.9 Å². The van der Waals surface area contributed by atoms with Gasteiger partial charge in [0.15, 0.2) is 0 Å². The van der Waals surface area contributed by atoms with Gasteiger partial charge in [-0.1, -0.05) is 13.0 Å². The Bertz CT molecular complexity index is 737. The number of hydrogen-bond donors (Lipinski definition) is 1. The van der Waals surface area contributed by atoms with Crippen LogP contribution in [0.4, 0.5) is 5.95 Å². The number of nitrogens with zero attached hydrogens (tertiary/aromatic N) is 3. The first kappa shape index (κ1) is 13.4. The van der Waals surface area contributed by atoms with Crippen LogP contribution in [0.2, 0.25) is 0 Å². The average molecular weight is 282 g/mol. The lowest BCUT2D eigenvalue weighted by molar-refractivity contribution is 0.320. The second-order valence-corrected chi connectivity index (χ2v) is 4.88. The zero-order valence-electron chi connectivity index (χ0n) is 12.0. The lowest BCUT2D eigenvalue weighted by Crippen LogP contribution is -2.04. The minimum Gasteiger partial charge on any atom is -0.491 e. The Kier molecular flexibility index (Phi) is 3.73. The topological polar surface area (TPSA) is 66.0 Å². The van der Waals surface area contributed by atoms with Crippen LogP contribution in [0.3, 0.4) is 0 Å². The summed E-state index contributed by atoms with van der Waals surface area (Å²) in [6.07, 6.45) is 4.52. The molecule has 0 fully saturated rings. The smallest absolute Gasteiger partial charge is 0.201 e. The molecule has 5 heteroatoms. The largest absolute Gasteiger partial charge is 0.491 e. The number of benzene rings is 1. The molecule has 0 aliphatic rings. The van der Waals surface area contributed by atoms with Gasteiger partial charge in [0.1, 0.15) is 11.3 Å². The molecule has 0 radical (unpaired) electrons. The fraction of sp³-hybridized carbons (Fsp3) is 0.250. The van der Waals surface area contributed by atoms with E-state index in [0.717, 1.165) is 28.8 Å². The summed E-state index contributed by atoms with van der Waals surface area (Å²) in [5.41, 5.74) is 9.02. The van der Waals surface area contributed by atoms with Crippen LogP contribution in [-0.2, 0) is 6.54 Å². The van der Waals surface area contributed by atoms with Crippen LogP contribution in [0.25, 0.3) is 11.0 Å². The van der Waals surface area contributed by atoms with Crippen LogP contribution in [0.5, 0.6) is 5.75 Å². The van der Waals surface area contributed by atoms with Gasteiger partial charge < -0.3 is 15.0 Å². The molecule has 0 spiro atoms. The Balaban J connectivity index is 2.01. The fourth-order valence-corrected chi connectivity index (χ4v) is 2.30. The second kappa shape index (κ2) is 5.83. The molecule has 0 unspecified atom stereocenters. The minimum absolute atomic E-state index is 0.495. The van der Waals surface area contributed by atoms with Gasteiger partial charge in [-0.25, -0.2) is 4.98 Å². The van der Waals surface area contributed by atoms with E-state index < -0.39 is 0 Å². The van der Waals surface area contributed by atoms with Crippen molar-refractivity contribution >= 4 is 17.0 Å². The highest BCUT2D eigenvalue weighted by molar-refractivity contribution is 5.84. The first-order chi connectivity index (χ1) is 10.3. The van der Waals surface area contributed by atoms with Crippen LogP contribution in [0, 0.1) is 0 Å². The van der Waals surface area contributed by atoms with Crippen molar-refractivity contribution in [2.24, 2.45) is 0 Å². The van der Waals surface area contributed by atoms with Crippen molar-refractivity contribution < 1.29 is 4.74 Å². The van der Waals surface area contributed by atoms with E-state index in [1.54, 1.807) is 12.4 Å². The molecule has 0 saturated heterocycles. The summed E-state index contributed by atoms with van der Waals surface area (Å²) >= 11 is 0. The van der Waals surface area contributed by atoms with E-state index in [0.29, 0.717) is 19.1 Å². The van der Waals surface area contributed by atoms with Gasteiger partial charge in [0.05, 0.1) is 18.7 Å². The highest BCUT2D eigenvalue weighted by Gasteiger charge is 2.12. The summed E-state index contributed by atoms with van der Waals surface area (Å²) in [6.45, 7) is 3.43. The number of nitrogen functional groups attached to an aromatic ring is 1. The molecule has 0 aliphatic heterocycles. The molecule has 5 nitrogen and oxygen atoms in total. The van der Waals surface area contributed by atoms with Crippen LogP contribution in [0.15, 0.2) is 42.7 Å². The highest BCUT2D eigenvalue weighted by Crippen LogP contribution is 2.27. The SMILES string of the molecule is CCCOc1cccc2c1nc(N)n2Cc1ccncc1. The van der Waals surface area contributed by atoms with Crippen LogP contribution in [-0.4, -0.2) is 21.1 Å². The maximum atomic E-state index is 6.08. The molecule has 108 valence electrons. The van der Waals surface area contributed by atoms with Crippen LogP contribution < -0.4 is 10.5 Å². The quantitative estimate of drug-likeness (QED) is 0.781. The Hall–Kier alpha value is -2.56. The summed E-state index contributed by atoms with van der Waals surface area (Å²) in [4.78, 5) is 8.49. The number of para-hydroxylation sites is 1. The van der Waals surface area contributed by atoms with E-state index in [-0.39, 0.29) is 0 Å². The maximum absolute atomic E-state index is 6.08. The molecule has 0 saturated carbocycles. The van der Waals surface area contributed by atoms with E-state index in [2.05, 4.69) is 16.9 Å². The number of aromatic nitrogens is 3. The highest BCUT2D eigenvalue weighted by atomic mass is 16.5.